The largest absolute Gasteiger partial charge is 0.293 e. The number of carbonyl (C=O) groups excluding carboxylic acids is 1. The van der Waals surface area contributed by atoms with Gasteiger partial charge in [-0.2, -0.15) is 0 Å². The van der Waals surface area contributed by atoms with Gasteiger partial charge in [-0.25, -0.2) is 0 Å². The molecule has 0 aliphatic carbocycles. The molecule has 82 valence electrons. The van der Waals surface area contributed by atoms with E-state index in [4.69, 9.17) is 11.6 Å². The van der Waals surface area contributed by atoms with E-state index in [1.54, 1.807) is 0 Å². The second-order valence-electron chi connectivity index (χ2n) is 3.42. The first-order valence-electron chi connectivity index (χ1n) is 4.96. The van der Waals surface area contributed by atoms with Gasteiger partial charge in [0, 0.05) is 11.4 Å². The van der Waals surface area contributed by atoms with Crippen molar-refractivity contribution in [2.45, 2.75) is 31.0 Å². The Hall–Kier alpha value is -0.340. The van der Waals surface area contributed by atoms with Crippen LogP contribution < -0.4 is 0 Å². The van der Waals surface area contributed by atoms with Crippen molar-refractivity contribution in [3.63, 3.8) is 0 Å². The van der Waals surface area contributed by atoms with Crippen molar-refractivity contribution in [3.05, 3.63) is 34.9 Å². The number of carbonyl (C=O) groups is 1. The van der Waals surface area contributed by atoms with E-state index in [1.807, 2.05) is 32.0 Å². The number of hydrogen-bond donors (Lipinski definition) is 0. The van der Waals surface area contributed by atoms with Crippen molar-refractivity contribution in [3.8, 4) is 0 Å². The van der Waals surface area contributed by atoms with Crippen molar-refractivity contribution in [1.82, 2.24) is 0 Å². The minimum absolute atomic E-state index is 0.114. The normalized spacial score (nSPS) is 12.5. The fraction of sp³-hybridized carbons (Fsp3) is 0.417. The lowest BCUT2D eigenvalue weighted by Gasteiger charge is -2.12. The van der Waals surface area contributed by atoms with E-state index >= 15 is 0 Å². The summed E-state index contributed by atoms with van der Waals surface area (Å²) in [7, 11) is 0. The Kier molecular flexibility index (Phi) is 4.81. The summed E-state index contributed by atoms with van der Waals surface area (Å²) in [5, 5.41) is 0. The number of aryl methyl sites for hydroxylation is 1. The zero-order chi connectivity index (χ0) is 11.4. The van der Waals surface area contributed by atoms with Gasteiger partial charge < -0.3 is 0 Å². The second-order valence-corrected chi connectivity index (χ2v) is 5.06. The lowest BCUT2D eigenvalue weighted by atomic mass is 9.95. The predicted octanol–water partition coefficient (Wildman–Crippen LogP) is 3.95. The van der Waals surface area contributed by atoms with Crippen LogP contribution in [0.1, 0.15) is 35.3 Å². The second kappa shape index (κ2) is 5.66. The summed E-state index contributed by atoms with van der Waals surface area (Å²) in [6.07, 6.45) is 0.853. The molecule has 1 unspecified atom stereocenters. The van der Waals surface area contributed by atoms with Gasteiger partial charge in [0.2, 0.25) is 0 Å². The maximum absolute atomic E-state index is 12.0. The Labute approximate surface area is 104 Å². The first-order chi connectivity index (χ1) is 7.11. The van der Waals surface area contributed by atoms with Crippen LogP contribution in [0.3, 0.4) is 0 Å². The van der Waals surface area contributed by atoms with Crippen molar-refractivity contribution in [1.29, 1.82) is 0 Å². The number of benzene rings is 1. The SMILES string of the molecule is CCc1cccc(CCl)c1C(=O)C(C)Br. The molecular weight excluding hydrogens is 275 g/mol. The van der Waals surface area contributed by atoms with E-state index in [2.05, 4.69) is 15.9 Å². The third kappa shape index (κ3) is 2.82. The average Bonchev–Trinajstić information content (AvgIpc) is 2.26. The third-order valence-corrected chi connectivity index (χ3v) is 3.07. The van der Waals surface area contributed by atoms with Crippen LogP contribution in [-0.2, 0) is 12.3 Å². The lowest BCUT2D eigenvalue weighted by molar-refractivity contribution is 0.0994. The molecular formula is C12H14BrClO. The van der Waals surface area contributed by atoms with Crippen molar-refractivity contribution in [2.24, 2.45) is 0 Å². The predicted molar refractivity (Wildman–Crippen MR) is 68.1 cm³/mol. The van der Waals surface area contributed by atoms with E-state index in [0.29, 0.717) is 5.88 Å². The molecule has 3 heteroatoms. The van der Waals surface area contributed by atoms with Gasteiger partial charge in [0.15, 0.2) is 5.78 Å². The molecule has 0 bridgehead atoms. The number of alkyl halides is 2. The number of rotatable bonds is 4. The minimum atomic E-state index is -0.160. The number of halogens is 2. The highest BCUT2D eigenvalue weighted by Crippen LogP contribution is 2.21. The molecule has 0 saturated carbocycles. The van der Waals surface area contributed by atoms with E-state index < -0.39 is 0 Å². The maximum Gasteiger partial charge on any atom is 0.176 e. The molecule has 1 nitrogen and oxygen atoms in total. The Balaban J connectivity index is 3.28. The van der Waals surface area contributed by atoms with Crippen molar-refractivity contribution < 1.29 is 4.79 Å². The molecule has 1 rings (SSSR count). The molecule has 0 amide bonds. The average molecular weight is 290 g/mol. The first-order valence-corrected chi connectivity index (χ1v) is 6.41. The van der Waals surface area contributed by atoms with Gasteiger partial charge in [0.25, 0.3) is 0 Å². The van der Waals surface area contributed by atoms with E-state index in [0.717, 1.165) is 23.1 Å². The number of hydrogen-bond acceptors (Lipinski definition) is 1. The topological polar surface area (TPSA) is 17.1 Å². The quantitative estimate of drug-likeness (QED) is 0.606. The van der Waals surface area contributed by atoms with Crippen LogP contribution in [0.25, 0.3) is 0 Å². The molecule has 0 aromatic heterocycles. The molecule has 0 heterocycles. The molecule has 0 fully saturated rings. The Morgan fingerprint density at radius 3 is 2.53 bits per heavy atom. The molecule has 1 aromatic carbocycles. The van der Waals surface area contributed by atoms with Gasteiger partial charge in [0.05, 0.1) is 4.83 Å². The first kappa shape index (κ1) is 12.7. The zero-order valence-electron chi connectivity index (χ0n) is 8.89. The fourth-order valence-electron chi connectivity index (χ4n) is 1.57. The molecule has 0 N–H and O–H groups in total. The van der Waals surface area contributed by atoms with Gasteiger partial charge in [-0.1, -0.05) is 41.1 Å². The Bertz CT molecular complexity index is 338. The van der Waals surface area contributed by atoms with Crippen LogP contribution in [0.15, 0.2) is 18.2 Å². The molecule has 0 aliphatic heterocycles. The van der Waals surface area contributed by atoms with Gasteiger partial charge in [-0.3, -0.25) is 4.79 Å². The summed E-state index contributed by atoms with van der Waals surface area (Å²) in [6.45, 7) is 3.88. The molecule has 1 atom stereocenters. The number of ketones is 1. The van der Waals surface area contributed by atoms with Crippen molar-refractivity contribution >= 4 is 33.3 Å². The van der Waals surface area contributed by atoms with Crippen LogP contribution in [0.2, 0.25) is 0 Å². The highest BCUT2D eigenvalue weighted by atomic mass is 79.9. The molecule has 0 aliphatic rings. The van der Waals surface area contributed by atoms with Gasteiger partial charge in [0.1, 0.15) is 0 Å². The summed E-state index contributed by atoms with van der Waals surface area (Å²) in [5.41, 5.74) is 2.79. The van der Waals surface area contributed by atoms with E-state index in [-0.39, 0.29) is 10.6 Å². The fourth-order valence-corrected chi connectivity index (χ4v) is 2.03. The molecule has 15 heavy (non-hydrogen) atoms. The molecule has 1 aromatic rings. The van der Waals surface area contributed by atoms with E-state index in [9.17, 15) is 4.79 Å². The van der Waals surface area contributed by atoms with Crippen LogP contribution in [-0.4, -0.2) is 10.6 Å². The molecule has 0 saturated heterocycles. The monoisotopic (exact) mass is 288 g/mol. The lowest BCUT2D eigenvalue weighted by Crippen LogP contribution is -2.15. The number of Topliss-reactive ketones (excluding diaryl/α,β-unsaturated/α-hetero) is 1. The Morgan fingerprint density at radius 2 is 2.07 bits per heavy atom. The summed E-state index contributed by atoms with van der Waals surface area (Å²) in [6, 6.07) is 5.85. The van der Waals surface area contributed by atoms with Crippen LogP contribution in [0.5, 0.6) is 0 Å². The van der Waals surface area contributed by atoms with Crippen LogP contribution in [0, 0.1) is 0 Å². The van der Waals surface area contributed by atoms with Gasteiger partial charge in [-0.15, -0.1) is 11.6 Å². The van der Waals surface area contributed by atoms with Crippen LogP contribution in [0.4, 0.5) is 0 Å². The Morgan fingerprint density at radius 1 is 1.47 bits per heavy atom. The summed E-state index contributed by atoms with van der Waals surface area (Å²) >= 11 is 9.15. The summed E-state index contributed by atoms with van der Waals surface area (Å²) in [4.78, 5) is 11.8. The minimum Gasteiger partial charge on any atom is -0.293 e. The highest BCUT2D eigenvalue weighted by Gasteiger charge is 2.18. The third-order valence-electron chi connectivity index (χ3n) is 2.37. The van der Waals surface area contributed by atoms with Gasteiger partial charge >= 0.3 is 0 Å². The molecule has 0 radical (unpaired) electrons. The van der Waals surface area contributed by atoms with Crippen molar-refractivity contribution in [2.75, 3.05) is 0 Å². The highest BCUT2D eigenvalue weighted by molar-refractivity contribution is 9.10. The smallest absolute Gasteiger partial charge is 0.176 e. The van der Waals surface area contributed by atoms with Gasteiger partial charge in [-0.05, 0) is 24.5 Å². The standard InChI is InChI=1S/C12H14BrClO/c1-3-9-5-4-6-10(7-14)11(9)12(15)8(2)13/h4-6,8H,3,7H2,1-2H3. The molecule has 0 spiro atoms. The van der Waals surface area contributed by atoms with E-state index in [1.165, 1.54) is 0 Å². The maximum atomic E-state index is 12.0. The summed E-state index contributed by atoms with van der Waals surface area (Å²) < 4.78 is 0. The zero-order valence-corrected chi connectivity index (χ0v) is 11.2. The van der Waals surface area contributed by atoms with Crippen LogP contribution >= 0.6 is 27.5 Å². The summed E-state index contributed by atoms with van der Waals surface area (Å²) in [5.74, 6) is 0.498.